The summed E-state index contributed by atoms with van der Waals surface area (Å²) in [6, 6.07) is 6.61. The van der Waals surface area contributed by atoms with Crippen LogP contribution in [0.5, 0.6) is 0 Å². The van der Waals surface area contributed by atoms with Gasteiger partial charge in [0.25, 0.3) is 0 Å². The van der Waals surface area contributed by atoms with Gasteiger partial charge in [0.2, 0.25) is 0 Å². The molecule has 1 saturated heterocycles. The zero-order valence-electron chi connectivity index (χ0n) is 10.7. The van der Waals surface area contributed by atoms with Gasteiger partial charge < -0.3 is 19.9 Å². The van der Waals surface area contributed by atoms with Gasteiger partial charge in [-0.3, -0.25) is 5.21 Å². The molecule has 1 unspecified atom stereocenters. The fraction of sp³-hybridized carbons (Fsp3) is 0.429. The van der Waals surface area contributed by atoms with Gasteiger partial charge in [0.15, 0.2) is 6.29 Å². The molecule has 0 amide bonds. The van der Waals surface area contributed by atoms with Crippen molar-refractivity contribution < 1.29 is 14.7 Å². The molecule has 0 aliphatic carbocycles. The first-order valence-electron chi connectivity index (χ1n) is 6.41. The van der Waals surface area contributed by atoms with Crippen LogP contribution in [0.4, 0.5) is 5.69 Å². The molecule has 5 heteroatoms. The maximum absolute atomic E-state index is 10.6. The highest BCUT2D eigenvalue weighted by molar-refractivity contribution is 5.55. The lowest BCUT2D eigenvalue weighted by atomic mass is 10.2. The Bertz CT molecular complexity index is 396. The van der Waals surface area contributed by atoms with Gasteiger partial charge in [-0.1, -0.05) is 24.3 Å². The molecule has 1 N–H and O–H groups in total. The van der Waals surface area contributed by atoms with E-state index in [-0.39, 0.29) is 17.2 Å². The Morgan fingerprint density at radius 3 is 2.79 bits per heavy atom. The van der Waals surface area contributed by atoms with Crippen LogP contribution in [0.2, 0.25) is 0 Å². The molecule has 5 nitrogen and oxygen atoms in total. The molecule has 1 aromatic rings. The van der Waals surface area contributed by atoms with Crippen molar-refractivity contribution >= 4 is 11.8 Å². The van der Waals surface area contributed by atoms with Gasteiger partial charge in [-0.2, -0.15) is 0 Å². The van der Waals surface area contributed by atoms with Crippen LogP contribution in [0, 0.1) is 5.21 Å². The SMILES string of the molecule is [O-]N(O)c1ccc(/C=C/COC2CCCCO2)cc1. The second-order valence-electron chi connectivity index (χ2n) is 4.40. The van der Waals surface area contributed by atoms with Gasteiger partial charge >= 0.3 is 0 Å². The largest absolute Gasteiger partial charge is 0.733 e. The van der Waals surface area contributed by atoms with E-state index in [1.807, 2.05) is 12.2 Å². The van der Waals surface area contributed by atoms with E-state index in [1.54, 1.807) is 24.3 Å². The first-order valence-corrected chi connectivity index (χ1v) is 6.41. The predicted molar refractivity (Wildman–Crippen MR) is 72.7 cm³/mol. The third kappa shape index (κ3) is 4.65. The lowest BCUT2D eigenvalue weighted by Gasteiger charge is -2.22. The van der Waals surface area contributed by atoms with Gasteiger partial charge in [-0.15, -0.1) is 0 Å². The van der Waals surface area contributed by atoms with Gasteiger partial charge in [0, 0.05) is 6.61 Å². The topological polar surface area (TPSA) is 65.0 Å². The van der Waals surface area contributed by atoms with Crippen LogP contribution in [0.1, 0.15) is 24.8 Å². The summed E-state index contributed by atoms with van der Waals surface area (Å²) in [6.45, 7) is 1.28. The fourth-order valence-electron chi connectivity index (χ4n) is 1.90. The number of anilines is 1. The molecule has 1 aliphatic heterocycles. The molecule has 104 valence electrons. The zero-order chi connectivity index (χ0) is 13.5. The van der Waals surface area contributed by atoms with E-state index >= 15 is 0 Å². The van der Waals surface area contributed by atoms with E-state index in [9.17, 15) is 5.21 Å². The Labute approximate surface area is 112 Å². The summed E-state index contributed by atoms with van der Waals surface area (Å²) < 4.78 is 11.0. The van der Waals surface area contributed by atoms with Gasteiger partial charge in [0.1, 0.15) is 0 Å². The highest BCUT2D eigenvalue weighted by Gasteiger charge is 2.12. The molecular formula is C14H18NO4-. The summed E-state index contributed by atoms with van der Waals surface area (Å²) in [5.74, 6) is 0. The van der Waals surface area contributed by atoms with E-state index in [1.165, 1.54) is 0 Å². The molecule has 0 radical (unpaired) electrons. The molecule has 1 aliphatic rings. The molecule has 19 heavy (non-hydrogen) atoms. The normalized spacial score (nSPS) is 19.8. The number of hydrogen-bond acceptors (Lipinski definition) is 5. The monoisotopic (exact) mass is 264 g/mol. The molecule has 1 atom stereocenters. The number of rotatable bonds is 5. The third-order valence-corrected chi connectivity index (χ3v) is 2.94. The van der Waals surface area contributed by atoms with Crippen molar-refractivity contribution in [3.05, 3.63) is 41.1 Å². The molecule has 2 rings (SSSR count). The Hall–Kier alpha value is -1.40. The van der Waals surface area contributed by atoms with Crippen molar-refractivity contribution in [1.29, 1.82) is 0 Å². The maximum atomic E-state index is 10.6. The van der Waals surface area contributed by atoms with Crippen molar-refractivity contribution in [2.45, 2.75) is 25.6 Å². The quantitative estimate of drug-likeness (QED) is 0.828. The van der Waals surface area contributed by atoms with Crippen LogP contribution < -0.4 is 5.23 Å². The standard InChI is InChI=1S/C14H18NO4/c16-15(17)13-8-6-12(7-9-13)4-3-11-19-14-5-1-2-10-18-14/h3-4,6-9,14,16H,1-2,5,10-11H2/q-1/b4-3+. The summed E-state index contributed by atoms with van der Waals surface area (Å²) in [5.41, 5.74) is 1.16. The minimum atomic E-state index is -0.156. The van der Waals surface area contributed by atoms with E-state index in [0.29, 0.717) is 6.61 Å². The molecule has 0 bridgehead atoms. The van der Waals surface area contributed by atoms with Crippen molar-refractivity contribution in [3.8, 4) is 0 Å². The second kappa shape index (κ2) is 7.25. The van der Waals surface area contributed by atoms with Gasteiger partial charge in [0.05, 0.1) is 12.3 Å². The van der Waals surface area contributed by atoms with Gasteiger partial charge in [-0.25, -0.2) is 0 Å². The van der Waals surface area contributed by atoms with Gasteiger partial charge in [-0.05, 0) is 37.0 Å². The van der Waals surface area contributed by atoms with Crippen LogP contribution in [0.25, 0.3) is 6.08 Å². The minimum absolute atomic E-state index is 0.0795. The predicted octanol–water partition coefficient (Wildman–Crippen LogP) is 2.94. The van der Waals surface area contributed by atoms with Crippen LogP contribution in [0.15, 0.2) is 30.3 Å². The number of benzene rings is 1. The molecule has 0 saturated carbocycles. The van der Waals surface area contributed by atoms with Crippen LogP contribution in [0.3, 0.4) is 0 Å². The van der Waals surface area contributed by atoms with E-state index in [4.69, 9.17) is 14.7 Å². The smallest absolute Gasteiger partial charge is 0.157 e. The third-order valence-electron chi connectivity index (χ3n) is 2.94. The zero-order valence-corrected chi connectivity index (χ0v) is 10.7. The first-order chi connectivity index (χ1) is 9.25. The van der Waals surface area contributed by atoms with E-state index in [2.05, 4.69) is 0 Å². The van der Waals surface area contributed by atoms with Crippen molar-refractivity contribution in [2.24, 2.45) is 0 Å². The molecule has 0 spiro atoms. The molecule has 1 aromatic carbocycles. The van der Waals surface area contributed by atoms with Crippen LogP contribution in [-0.4, -0.2) is 24.7 Å². The number of hydrogen-bond donors (Lipinski definition) is 1. The lowest BCUT2D eigenvalue weighted by Crippen LogP contribution is -2.22. The summed E-state index contributed by atoms with van der Waals surface area (Å²) >= 11 is 0. The molecule has 0 aromatic heterocycles. The fourth-order valence-corrected chi connectivity index (χ4v) is 1.90. The molecule has 1 fully saturated rings. The average molecular weight is 264 g/mol. The summed E-state index contributed by atoms with van der Waals surface area (Å²) in [7, 11) is 0. The summed E-state index contributed by atoms with van der Waals surface area (Å²) in [6.07, 6.45) is 6.95. The Morgan fingerprint density at radius 2 is 2.16 bits per heavy atom. The summed E-state index contributed by atoms with van der Waals surface area (Å²) in [4.78, 5) is 0. The average Bonchev–Trinajstić information content (AvgIpc) is 2.45. The van der Waals surface area contributed by atoms with E-state index < -0.39 is 0 Å². The lowest BCUT2D eigenvalue weighted by molar-refractivity contribution is -0.155. The molecule has 1 heterocycles. The number of ether oxygens (including phenoxy) is 2. The highest BCUT2D eigenvalue weighted by atomic mass is 16.8. The van der Waals surface area contributed by atoms with Crippen LogP contribution >= 0.6 is 0 Å². The van der Waals surface area contributed by atoms with Crippen molar-refractivity contribution in [1.82, 2.24) is 0 Å². The van der Waals surface area contributed by atoms with Crippen molar-refractivity contribution in [2.75, 3.05) is 18.4 Å². The Kier molecular flexibility index (Phi) is 5.35. The second-order valence-corrected chi connectivity index (χ2v) is 4.40. The maximum Gasteiger partial charge on any atom is 0.157 e. The van der Waals surface area contributed by atoms with Crippen molar-refractivity contribution in [3.63, 3.8) is 0 Å². The van der Waals surface area contributed by atoms with Crippen LogP contribution in [-0.2, 0) is 9.47 Å². The Morgan fingerprint density at radius 1 is 1.37 bits per heavy atom. The summed E-state index contributed by atoms with van der Waals surface area (Å²) in [5, 5.41) is 19.2. The van der Waals surface area contributed by atoms with E-state index in [0.717, 1.165) is 31.4 Å². The molecular weight excluding hydrogens is 246 g/mol. The highest BCUT2D eigenvalue weighted by Crippen LogP contribution is 2.15. The first kappa shape index (κ1) is 14.0. The minimum Gasteiger partial charge on any atom is -0.733 e. The Balaban J connectivity index is 1.75. The number of nitrogens with zero attached hydrogens (tertiary/aromatic N) is 1.